The molecule has 0 fully saturated rings. The molecule has 0 N–H and O–H groups in total. The van der Waals surface area contributed by atoms with Crippen molar-refractivity contribution in [3.05, 3.63) is 32.6 Å². The summed E-state index contributed by atoms with van der Waals surface area (Å²) in [5.74, 6) is 0. The second-order valence-corrected chi connectivity index (χ2v) is 3.86. The van der Waals surface area contributed by atoms with E-state index in [2.05, 4.69) is 0 Å². The molecule has 0 atom stereocenters. The molecule has 0 aliphatic rings. The average Bonchev–Trinajstić information content (AvgIpc) is 2.14. The van der Waals surface area contributed by atoms with E-state index in [1.807, 2.05) is 0 Å². The lowest BCUT2D eigenvalue weighted by atomic mass is 10.3. The van der Waals surface area contributed by atoms with Crippen LogP contribution >= 0.6 is 0 Å². The smallest absolute Gasteiger partial charge is 0.289 e. The van der Waals surface area contributed by atoms with Gasteiger partial charge in [-0.15, -0.1) is 0 Å². The molecule has 0 aromatic carbocycles. The van der Waals surface area contributed by atoms with Gasteiger partial charge in [0.15, 0.2) is 0 Å². The van der Waals surface area contributed by atoms with E-state index < -0.39 is 29.2 Å². The fraction of sp³-hybridized carbons (Fsp3) is 0.600. The van der Waals surface area contributed by atoms with Crippen LogP contribution in [0.15, 0.2) is 15.7 Å². The van der Waals surface area contributed by atoms with Crippen LogP contribution in [-0.2, 0) is 12.7 Å². The van der Waals surface area contributed by atoms with Gasteiger partial charge in [-0.1, -0.05) is 0 Å². The standard InChI is InChI=1S/C10H13F3N2O2/c1-4-14-7(10(11,12)13)5-8(16)15(6(2)3)9(14)17/h5-6H,4H2,1-3H3. The van der Waals surface area contributed by atoms with Crippen LogP contribution in [0, 0.1) is 0 Å². The van der Waals surface area contributed by atoms with Gasteiger partial charge in [0, 0.05) is 18.7 Å². The van der Waals surface area contributed by atoms with E-state index in [4.69, 9.17) is 0 Å². The van der Waals surface area contributed by atoms with E-state index in [1.54, 1.807) is 13.8 Å². The van der Waals surface area contributed by atoms with Gasteiger partial charge in [-0.2, -0.15) is 13.2 Å². The van der Waals surface area contributed by atoms with Crippen LogP contribution in [0.4, 0.5) is 13.2 Å². The molecule has 17 heavy (non-hydrogen) atoms. The molecular formula is C10H13F3N2O2. The van der Waals surface area contributed by atoms with Gasteiger partial charge in [-0.05, 0) is 20.8 Å². The Kier molecular flexibility index (Phi) is 3.49. The number of aromatic nitrogens is 2. The van der Waals surface area contributed by atoms with Gasteiger partial charge in [0.1, 0.15) is 5.69 Å². The molecule has 0 bridgehead atoms. The molecule has 0 amide bonds. The lowest BCUT2D eigenvalue weighted by Crippen LogP contribution is -2.43. The van der Waals surface area contributed by atoms with Crippen LogP contribution in [0.1, 0.15) is 32.5 Å². The molecule has 4 nitrogen and oxygen atoms in total. The molecule has 1 aromatic rings. The fourth-order valence-electron chi connectivity index (χ4n) is 1.61. The Morgan fingerprint density at radius 1 is 1.29 bits per heavy atom. The second-order valence-electron chi connectivity index (χ2n) is 3.86. The molecular weight excluding hydrogens is 237 g/mol. The number of rotatable bonds is 2. The molecule has 0 aliphatic heterocycles. The fourth-order valence-corrected chi connectivity index (χ4v) is 1.61. The number of halogens is 3. The number of nitrogens with zero attached hydrogens (tertiary/aromatic N) is 2. The van der Waals surface area contributed by atoms with Gasteiger partial charge >= 0.3 is 11.9 Å². The summed E-state index contributed by atoms with van der Waals surface area (Å²) in [5, 5.41) is 0. The van der Waals surface area contributed by atoms with Crippen molar-refractivity contribution in [2.45, 2.75) is 39.5 Å². The SMILES string of the molecule is CCn1c(C(F)(F)F)cc(=O)n(C(C)C)c1=O. The van der Waals surface area contributed by atoms with Gasteiger partial charge < -0.3 is 0 Å². The number of hydrogen-bond donors (Lipinski definition) is 0. The monoisotopic (exact) mass is 250 g/mol. The maximum Gasteiger partial charge on any atom is 0.431 e. The highest BCUT2D eigenvalue weighted by atomic mass is 19.4. The molecule has 7 heteroatoms. The predicted molar refractivity (Wildman–Crippen MR) is 56.0 cm³/mol. The Morgan fingerprint density at radius 2 is 1.82 bits per heavy atom. The third kappa shape index (κ3) is 2.42. The van der Waals surface area contributed by atoms with E-state index in [-0.39, 0.29) is 6.54 Å². The van der Waals surface area contributed by atoms with Gasteiger partial charge in [-0.3, -0.25) is 13.9 Å². The summed E-state index contributed by atoms with van der Waals surface area (Å²) in [4.78, 5) is 23.2. The van der Waals surface area contributed by atoms with Crippen molar-refractivity contribution < 1.29 is 13.2 Å². The molecule has 0 aliphatic carbocycles. The van der Waals surface area contributed by atoms with E-state index in [0.717, 1.165) is 4.57 Å². The molecule has 1 rings (SSSR count). The van der Waals surface area contributed by atoms with Crippen molar-refractivity contribution >= 4 is 0 Å². The van der Waals surface area contributed by atoms with Crippen molar-refractivity contribution in [1.82, 2.24) is 9.13 Å². The quantitative estimate of drug-likeness (QED) is 0.800. The zero-order chi connectivity index (χ0) is 13.4. The average molecular weight is 250 g/mol. The van der Waals surface area contributed by atoms with Crippen LogP contribution in [-0.4, -0.2) is 9.13 Å². The van der Waals surface area contributed by atoms with Crippen molar-refractivity contribution in [2.75, 3.05) is 0 Å². The molecule has 1 aromatic heterocycles. The topological polar surface area (TPSA) is 44.0 Å². The summed E-state index contributed by atoms with van der Waals surface area (Å²) >= 11 is 0. The first-order chi connectivity index (χ1) is 7.70. The van der Waals surface area contributed by atoms with Crippen molar-refractivity contribution in [1.29, 1.82) is 0 Å². The third-order valence-corrected chi connectivity index (χ3v) is 2.35. The molecule has 0 radical (unpaired) electrons. The van der Waals surface area contributed by atoms with E-state index in [9.17, 15) is 22.8 Å². The van der Waals surface area contributed by atoms with Crippen LogP contribution in [0.2, 0.25) is 0 Å². The Labute approximate surface area is 95.3 Å². The van der Waals surface area contributed by atoms with Crippen LogP contribution in [0.3, 0.4) is 0 Å². The third-order valence-electron chi connectivity index (χ3n) is 2.35. The van der Waals surface area contributed by atoms with Crippen molar-refractivity contribution in [3.63, 3.8) is 0 Å². The predicted octanol–water partition coefficient (Wildman–Crippen LogP) is 1.63. The zero-order valence-electron chi connectivity index (χ0n) is 9.71. The largest absolute Gasteiger partial charge is 0.431 e. The molecule has 0 spiro atoms. The molecule has 0 saturated heterocycles. The number of alkyl halides is 3. The lowest BCUT2D eigenvalue weighted by molar-refractivity contribution is -0.144. The zero-order valence-corrected chi connectivity index (χ0v) is 9.71. The molecule has 96 valence electrons. The summed E-state index contributed by atoms with van der Waals surface area (Å²) in [6.07, 6.45) is -4.70. The van der Waals surface area contributed by atoms with Crippen molar-refractivity contribution in [3.8, 4) is 0 Å². The summed E-state index contributed by atoms with van der Waals surface area (Å²) in [6.45, 7) is 4.42. The Balaban J connectivity index is 3.71. The van der Waals surface area contributed by atoms with Gasteiger partial charge in [0.2, 0.25) is 0 Å². The highest BCUT2D eigenvalue weighted by Gasteiger charge is 2.35. The van der Waals surface area contributed by atoms with Crippen LogP contribution in [0.25, 0.3) is 0 Å². The Bertz CT molecular complexity index is 526. The maximum absolute atomic E-state index is 12.6. The maximum atomic E-state index is 12.6. The summed E-state index contributed by atoms with van der Waals surface area (Å²) in [7, 11) is 0. The second kappa shape index (κ2) is 4.38. The Morgan fingerprint density at radius 3 is 2.18 bits per heavy atom. The summed E-state index contributed by atoms with van der Waals surface area (Å²) in [5.41, 5.74) is -3.06. The summed E-state index contributed by atoms with van der Waals surface area (Å²) < 4.78 is 39.2. The van der Waals surface area contributed by atoms with Crippen molar-refractivity contribution in [2.24, 2.45) is 0 Å². The molecule has 1 heterocycles. The molecule has 0 unspecified atom stereocenters. The van der Waals surface area contributed by atoms with Gasteiger partial charge in [0.25, 0.3) is 5.56 Å². The minimum Gasteiger partial charge on any atom is -0.289 e. The highest BCUT2D eigenvalue weighted by Crippen LogP contribution is 2.27. The van der Waals surface area contributed by atoms with Crippen LogP contribution < -0.4 is 11.2 Å². The first-order valence-corrected chi connectivity index (χ1v) is 5.13. The van der Waals surface area contributed by atoms with E-state index in [0.29, 0.717) is 10.6 Å². The molecule has 0 saturated carbocycles. The van der Waals surface area contributed by atoms with Gasteiger partial charge in [-0.25, -0.2) is 4.79 Å². The first-order valence-electron chi connectivity index (χ1n) is 5.13. The van der Waals surface area contributed by atoms with E-state index >= 15 is 0 Å². The number of hydrogen-bond acceptors (Lipinski definition) is 2. The van der Waals surface area contributed by atoms with Gasteiger partial charge in [0.05, 0.1) is 0 Å². The highest BCUT2D eigenvalue weighted by molar-refractivity contribution is 5.07. The van der Waals surface area contributed by atoms with Crippen LogP contribution in [0.5, 0.6) is 0 Å². The normalized spacial score (nSPS) is 12.2. The first kappa shape index (κ1) is 13.5. The lowest BCUT2D eigenvalue weighted by Gasteiger charge is -2.17. The minimum absolute atomic E-state index is 0.138. The summed E-state index contributed by atoms with van der Waals surface area (Å²) in [6, 6.07) is -0.0136. The minimum atomic E-state index is -4.70. The van der Waals surface area contributed by atoms with E-state index in [1.165, 1.54) is 6.92 Å². The Hall–Kier alpha value is -1.53.